The third-order valence-electron chi connectivity index (χ3n) is 3.95. The molecule has 0 heterocycles. The fourth-order valence-corrected chi connectivity index (χ4v) is 2.32. The number of nitro benzene ring substituents is 1. The van der Waals surface area contributed by atoms with Crippen LogP contribution in [-0.4, -0.2) is 30.0 Å². The van der Waals surface area contributed by atoms with Crippen LogP contribution in [0.3, 0.4) is 0 Å². The van der Waals surface area contributed by atoms with Gasteiger partial charge in [0, 0.05) is 17.8 Å². The van der Waals surface area contributed by atoms with Crippen LogP contribution >= 0.6 is 0 Å². The van der Waals surface area contributed by atoms with Gasteiger partial charge in [0.25, 0.3) is 11.6 Å². The van der Waals surface area contributed by atoms with Crippen molar-refractivity contribution in [3.63, 3.8) is 0 Å². The van der Waals surface area contributed by atoms with Gasteiger partial charge in [0.05, 0.1) is 4.92 Å². The SMILES string of the molecule is Cc1ccc(C(C)C)cc1OCC(=O)OCC(=O)Nc1ccc([N+](=O)[O-])cc1. The predicted octanol–water partition coefficient (Wildman–Crippen LogP) is 3.59. The molecule has 0 aliphatic carbocycles. The minimum absolute atomic E-state index is 0.0848. The molecule has 8 nitrogen and oxygen atoms in total. The minimum Gasteiger partial charge on any atom is -0.482 e. The van der Waals surface area contributed by atoms with E-state index in [9.17, 15) is 19.7 Å². The molecule has 2 rings (SSSR count). The molecule has 0 aliphatic heterocycles. The lowest BCUT2D eigenvalue weighted by Crippen LogP contribution is -2.23. The second-order valence-corrected chi connectivity index (χ2v) is 6.48. The molecule has 1 N–H and O–H groups in total. The van der Waals surface area contributed by atoms with E-state index in [0.29, 0.717) is 17.4 Å². The Hall–Kier alpha value is -3.42. The molecule has 2 aromatic rings. The van der Waals surface area contributed by atoms with Gasteiger partial charge >= 0.3 is 5.97 Å². The largest absolute Gasteiger partial charge is 0.482 e. The fraction of sp³-hybridized carbons (Fsp3) is 0.300. The normalized spacial score (nSPS) is 10.4. The molecule has 0 saturated heterocycles. The van der Waals surface area contributed by atoms with Crippen molar-refractivity contribution < 1.29 is 24.0 Å². The van der Waals surface area contributed by atoms with E-state index in [1.54, 1.807) is 0 Å². The van der Waals surface area contributed by atoms with Crippen molar-refractivity contribution in [2.75, 3.05) is 18.5 Å². The van der Waals surface area contributed by atoms with Crippen LogP contribution in [0.2, 0.25) is 0 Å². The number of nitrogens with one attached hydrogen (secondary N) is 1. The van der Waals surface area contributed by atoms with Crippen LogP contribution in [0.1, 0.15) is 30.9 Å². The number of amides is 1. The summed E-state index contributed by atoms with van der Waals surface area (Å²) in [6, 6.07) is 11.1. The number of esters is 1. The van der Waals surface area contributed by atoms with Crippen LogP contribution in [0.5, 0.6) is 5.75 Å². The second kappa shape index (κ2) is 9.50. The number of aryl methyl sites for hydroxylation is 1. The Kier molecular flexibility index (Phi) is 7.08. The van der Waals surface area contributed by atoms with Gasteiger partial charge in [0.2, 0.25) is 0 Å². The summed E-state index contributed by atoms with van der Waals surface area (Å²) in [4.78, 5) is 33.7. The van der Waals surface area contributed by atoms with Crippen LogP contribution in [0, 0.1) is 17.0 Å². The molecule has 0 aliphatic rings. The van der Waals surface area contributed by atoms with Crippen molar-refractivity contribution >= 4 is 23.3 Å². The van der Waals surface area contributed by atoms with Gasteiger partial charge < -0.3 is 14.8 Å². The lowest BCUT2D eigenvalue weighted by atomic mass is 10.0. The van der Waals surface area contributed by atoms with Crippen LogP contribution in [0.4, 0.5) is 11.4 Å². The molecule has 2 aromatic carbocycles. The summed E-state index contributed by atoms with van der Waals surface area (Å²) < 4.78 is 10.4. The van der Waals surface area contributed by atoms with Gasteiger partial charge in [0.1, 0.15) is 5.75 Å². The molecule has 1 amide bonds. The molecule has 0 saturated carbocycles. The zero-order valence-corrected chi connectivity index (χ0v) is 15.9. The lowest BCUT2D eigenvalue weighted by molar-refractivity contribution is -0.384. The Morgan fingerprint density at radius 2 is 1.79 bits per heavy atom. The highest BCUT2D eigenvalue weighted by atomic mass is 16.6. The molecule has 0 radical (unpaired) electrons. The summed E-state index contributed by atoms with van der Waals surface area (Å²) in [5, 5.41) is 13.1. The number of carbonyl (C=O) groups is 2. The van der Waals surface area contributed by atoms with Crippen molar-refractivity contribution in [1.82, 2.24) is 0 Å². The number of carbonyl (C=O) groups excluding carboxylic acids is 2. The van der Waals surface area contributed by atoms with Crippen molar-refractivity contribution in [3.05, 3.63) is 63.7 Å². The van der Waals surface area contributed by atoms with Gasteiger partial charge in [-0.2, -0.15) is 0 Å². The van der Waals surface area contributed by atoms with E-state index >= 15 is 0 Å². The quantitative estimate of drug-likeness (QED) is 0.422. The first-order chi connectivity index (χ1) is 13.3. The minimum atomic E-state index is -0.673. The molecule has 0 atom stereocenters. The molecule has 28 heavy (non-hydrogen) atoms. The smallest absolute Gasteiger partial charge is 0.344 e. The van der Waals surface area contributed by atoms with Gasteiger partial charge in [0.15, 0.2) is 13.2 Å². The first-order valence-electron chi connectivity index (χ1n) is 8.69. The first kappa shape index (κ1) is 20.9. The number of anilines is 1. The van der Waals surface area contributed by atoms with Crippen LogP contribution in [-0.2, 0) is 14.3 Å². The summed E-state index contributed by atoms with van der Waals surface area (Å²) in [6.07, 6.45) is 0. The van der Waals surface area contributed by atoms with Gasteiger partial charge in [-0.3, -0.25) is 14.9 Å². The molecular weight excluding hydrogens is 364 g/mol. The summed E-state index contributed by atoms with van der Waals surface area (Å²) >= 11 is 0. The maximum absolute atomic E-state index is 11.8. The van der Waals surface area contributed by atoms with Crippen molar-refractivity contribution in [2.45, 2.75) is 26.7 Å². The monoisotopic (exact) mass is 386 g/mol. The Labute approximate surface area is 162 Å². The van der Waals surface area contributed by atoms with E-state index in [1.165, 1.54) is 24.3 Å². The van der Waals surface area contributed by atoms with Crippen LogP contribution in [0.25, 0.3) is 0 Å². The zero-order chi connectivity index (χ0) is 20.7. The average Bonchev–Trinajstić information content (AvgIpc) is 2.66. The molecule has 8 heteroatoms. The number of non-ortho nitro benzene ring substituents is 1. The third kappa shape index (κ3) is 6.08. The number of nitro groups is 1. The first-order valence-corrected chi connectivity index (χ1v) is 8.69. The fourth-order valence-electron chi connectivity index (χ4n) is 2.32. The van der Waals surface area contributed by atoms with E-state index in [1.807, 2.05) is 25.1 Å². The second-order valence-electron chi connectivity index (χ2n) is 6.48. The highest BCUT2D eigenvalue weighted by molar-refractivity contribution is 5.92. The Morgan fingerprint density at radius 1 is 1.11 bits per heavy atom. The summed E-state index contributed by atoms with van der Waals surface area (Å²) in [5.41, 5.74) is 2.27. The molecule has 0 bridgehead atoms. The Bertz CT molecular complexity index is 861. The molecule has 148 valence electrons. The van der Waals surface area contributed by atoms with Crippen LogP contribution < -0.4 is 10.1 Å². The standard InChI is InChI=1S/C20H22N2O6/c1-13(2)15-5-4-14(3)18(10-15)27-12-20(24)28-11-19(23)21-16-6-8-17(9-7-16)22(25)26/h4-10,13H,11-12H2,1-3H3,(H,21,23). The highest BCUT2D eigenvalue weighted by Gasteiger charge is 2.11. The van der Waals surface area contributed by atoms with E-state index < -0.39 is 23.4 Å². The number of hydrogen-bond donors (Lipinski definition) is 1. The van der Waals surface area contributed by atoms with Gasteiger partial charge in [-0.05, 0) is 42.2 Å². The number of benzene rings is 2. The maximum Gasteiger partial charge on any atom is 0.344 e. The van der Waals surface area contributed by atoms with Crippen molar-refractivity contribution in [2.24, 2.45) is 0 Å². The van der Waals surface area contributed by atoms with E-state index in [-0.39, 0.29) is 12.3 Å². The van der Waals surface area contributed by atoms with Gasteiger partial charge in [-0.25, -0.2) is 4.79 Å². The predicted molar refractivity (Wildman–Crippen MR) is 103 cm³/mol. The van der Waals surface area contributed by atoms with E-state index in [0.717, 1.165) is 11.1 Å². The van der Waals surface area contributed by atoms with Crippen LogP contribution in [0.15, 0.2) is 42.5 Å². The number of hydrogen-bond acceptors (Lipinski definition) is 6. The van der Waals surface area contributed by atoms with Gasteiger partial charge in [-0.15, -0.1) is 0 Å². The van der Waals surface area contributed by atoms with E-state index in [4.69, 9.17) is 9.47 Å². The molecular formula is C20H22N2O6. The molecule has 0 unspecified atom stereocenters. The number of nitrogens with zero attached hydrogens (tertiary/aromatic N) is 1. The third-order valence-corrected chi connectivity index (χ3v) is 3.95. The topological polar surface area (TPSA) is 108 Å². The summed E-state index contributed by atoms with van der Waals surface area (Å²) in [7, 11) is 0. The summed E-state index contributed by atoms with van der Waals surface area (Å²) in [5.74, 6) is -0.301. The number of ether oxygens (including phenoxy) is 2. The van der Waals surface area contributed by atoms with E-state index in [2.05, 4.69) is 19.2 Å². The Morgan fingerprint density at radius 3 is 2.39 bits per heavy atom. The van der Waals surface area contributed by atoms with Crippen molar-refractivity contribution in [1.29, 1.82) is 0 Å². The molecule has 0 spiro atoms. The number of rotatable bonds is 8. The highest BCUT2D eigenvalue weighted by Crippen LogP contribution is 2.24. The molecule has 0 fully saturated rings. The zero-order valence-electron chi connectivity index (χ0n) is 15.9. The summed E-state index contributed by atoms with van der Waals surface area (Å²) in [6.45, 7) is 5.21. The Balaban J connectivity index is 1.80. The average molecular weight is 386 g/mol. The van der Waals surface area contributed by atoms with Gasteiger partial charge in [-0.1, -0.05) is 26.0 Å². The maximum atomic E-state index is 11.8. The lowest BCUT2D eigenvalue weighted by Gasteiger charge is -2.12. The van der Waals surface area contributed by atoms with Crippen molar-refractivity contribution in [3.8, 4) is 5.75 Å². The molecule has 0 aromatic heterocycles.